The third kappa shape index (κ3) is 4.76. The summed E-state index contributed by atoms with van der Waals surface area (Å²) in [5.41, 5.74) is 1.26. The van der Waals surface area contributed by atoms with Crippen LogP contribution in [0, 0.1) is 0 Å². The molecule has 0 saturated heterocycles. The summed E-state index contributed by atoms with van der Waals surface area (Å²) in [5.74, 6) is 0.0282. The Hall–Kier alpha value is -1.44. The molecular weight excluding hydrogens is 296 g/mol. The van der Waals surface area contributed by atoms with Gasteiger partial charge in [0.2, 0.25) is 5.91 Å². The van der Waals surface area contributed by atoms with E-state index < -0.39 is 6.10 Å². The second-order valence-electron chi connectivity index (χ2n) is 6.83. The van der Waals surface area contributed by atoms with Crippen LogP contribution in [0.25, 0.3) is 0 Å². The zero-order chi connectivity index (χ0) is 17.0. The number of nitrogens with zero attached hydrogens (tertiary/aromatic N) is 3. The lowest BCUT2D eigenvalue weighted by atomic mass is 10.0. The molecule has 0 unspecified atom stereocenters. The van der Waals surface area contributed by atoms with Gasteiger partial charge in [0, 0.05) is 25.2 Å². The molecule has 1 amide bonds. The van der Waals surface area contributed by atoms with Crippen LogP contribution in [-0.4, -0.2) is 56.0 Å². The van der Waals surface area contributed by atoms with E-state index in [-0.39, 0.29) is 18.1 Å². The van der Waals surface area contributed by atoms with Crippen molar-refractivity contribution in [3.8, 4) is 0 Å². The molecule has 3 N–H and O–H groups in total. The summed E-state index contributed by atoms with van der Waals surface area (Å²) in [6, 6.07) is 1.81. The lowest BCUT2D eigenvalue weighted by Gasteiger charge is -2.27. The topological polar surface area (TPSA) is 90.6 Å². The van der Waals surface area contributed by atoms with Crippen molar-refractivity contribution in [3.63, 3.8) is 0 Å². The van der Waals surface area contributed by atoms with E-state index >= 15 is 0 Å². The molecule has 2 heterocycles. The quantitative estimate of drug-likeness (QED) is 0.705. The summed E-state index contributed by atoms with van der Waals surface area (Å²) in [6.45, 7) is 8.31. The van der Waals surface area contributed by atoms with Gasteiger partial charge >= 0.3 is 0 Å². The summed E-state index contributed by atoms with van der Waals surface area (Å²) < 4.78 is 1.86. The van der Waals surface area contributed by atoms with E-state index in [2.05, 4.69) is 22.2 Å². The Morgan fingerprint density at radius 1 is 1.48 bits per heavy atom. The largest absolute Gasteiger partial charge is 0.393 e. The third-order valence-electron chi connectivity index (χ3n) is 4.36. The van der Waals surface area contributed by atoms with Crippen molar-refractivity contribution in [2.45, 2.75) is 58.3 Å². The van der Waals surface area contributed by atoms with Gasteiger partial charge in [0.25, 0.3) is 0 Å². The second-order valence-corrected chi connectivity index (χ2v) is 6.83. The molecule has 1 aromatic heterocycles. The molecule has 7 nitrogen and oxygen atoms in total. The average molecular weight is 324 g/mol. The van der Waals surface area contributed by atoms with Crippen molar-refractivity contribution in [2.75, 3.05) is 19.7 Å². The molecule has 0 fully saturated rings. The van der Waals surface area contributed by atoms with Crippen molar-refractivity contribution >= 4 is 5.91 Å². The van der Waals surface area contributed by atoms with E-state index in [1.54, 1.807) is 0 Å². The van der Waals surface area contributed by atoms with Gasteiger partial charge in [-0.2, -0.15) is 5.10 Å². The molecule has 0 spiro atoms. The molecule has 1 atom stereocenters. The maximum absolute atomic E-state index is 12.2. The fourth-order valence-corrected chi connectivity index (χ4v) is 2.65. The Morgan fingerprint density at radius 3 is 2.87 bits per heavy atom. The number of fused-ring (bicyclic) bond motifs is 1. The summed E-state index contributed by atoms with van der Waals surface area (Å²) in [6.07, 6.45) is 0.832. The van der Waals surface area contributed by atoms with Gasteiger partial charge in [0.15, 0.2) is 0 Å². The van der Waals surface area contributed by atoms with E-state index in [9.17, 15) is 9.90 Å². The Labute approximate surface area is 137 Å². The van der Waals surface area contributed by atoms with E-state index in [4.69, 9.17) is 5.11 Å². The molecule has 130 valence electrons. The first-order valence-corrected chi connectivity index (χ1v) is 8.23. The van der Waals surface area contributed by atoms with E-state index in [0.717, 1.165) is 31.6 Å². The van der Waals surface area contributed by atoms with Crippen LogP contribution in [-0.2, 0) is 17.9 Å². The Balaban J connectivity index is 2.00. The summed E-state index contributed by atoms with van der Waals surface area (Å²) in [5, 5.41) is 26.2. The second kappa shape index (κ2) is 7.42. The molecular formula is C16H28N4O3. The van der Waals surface area contributed by atoms with Gasteiger partial charge in [-0.15, -0.1) is 0 Å². The predicted molar refractivity (Wildman–Crippen MR) is 86.7 cm³/mol. The molecule has 2 rings (SSSR count). The minimum absolute atomic E-state index is 0.0282. The number of aromatic nitrogens is 2. The van der Waals surface area contributed by atoms with E-state index in [1.165, 1.54) is 0 Å². The average Bonchev–Trinajstić information content (AvgIpc) is 2.79. The molecule has 0 radical (unpaired) electrons. The summed E-state index contributed by atoms with van der Waals surface area (Å²) in [4.78, 5) is 14.3. The van der Waals surface area contributed by atoms with Crippen LogP contribution in [0.2, 0.25) is 0 Å². The maximum atomic E-state index is 12.2. The van der Waals surface area contributed by atoms with Crippen LogP contribution in [0.1, 0.15) is 51.1 Å². The summed E-state index contributed by atoms with van der Waals surface area (Å²) in [7, 11) is 0. The van der Waals surface area contributed by atoms with Gasteiger partial charge in [-0.25, -0.2) is 0 Å². The van der Waals surface area contributed by atoms with Crippen molar-refractivity contribution in [3.05, 3.63) is 17.5 Å². The first kappa shape index (κ1) is 17.9. The van der Waals surface area contributed by atoms with E-state index in [0.29, 0.717) is 18.8 Å². The number of hydrogen-bond acceptors (Lipinski definition) is 5. The highest BCUT2D eigenvalue weighted by Crippen LogP contribution is 2.18. The molecule has 0 aromatic carbocycles. The fraction of sp³-hybridized carbons (Fsp3) is 0.750. The van der Waals surface area contributed by atoms with E-state index in [1.807, 2.05) is 24.6 Å². The monoisotopic (exact) mass is 324 g/mol. The van der Waals surface area contributed by atoms with Crippen LogP contribution >= 0.6 is 0 Å². The van der Waals surface area contributed by atoms with Gasteiger partial charge < -0.3 is 15.5 Å². The van der Waals surface area contributed by atoms with Gasteiger partial charge in [0.05, 0.1) is 24.5 Å². The van der Waals surface area contributed by atoms with Crippen molar-refractivity contribution < 1.29 is 15.0 Å². The number of aliphatic hydroxyl groups is 2. The minimum Gasteiger partial charge on any atom is -0.393 e. The lowest BCUT2D eigenvalue weighted by Crippen LogP contribution is -2.47. The number of carbonyl (C=O) groups is 1. The SMILES string of the molecule is CCC(C)(C)NC(=O)CN1CCCn2nc([C@H](O)CO)cc2C1. The van der Waals surface area contributed by atoms with Crippen LogP contribution in [0.3, 0.4) is 0 Å². The molecule has 0 saturated carbocycles. The fourth-order valence-electron chi connectivity index (χ4n) is 2.65. The van der Waals surface area contributed by atoms with Crippen LogP contribution in [0.4, 0.5) is 0 Å². The number of hydrogen-bond donors (Lipinski definition) is 3. The highest BCUT2D eigenvalue weighted by Gasteiger charge is 2.23. The van der Waals surface area contributed by atoms with Crippen molar-refractivity contribution in [2.24, 2.45) is 0 Å². The maximum Gasteiger partial charge on any atom is 0.234 e. The lowest BCUT2D eigenvalue weighted by molar-refractivity contribution is -0.124. The Morgan fingerprint density at radius 2 is 2.22 bits per heavy atom. The molecule has 1 aliphatic heterocycles. The molecule has 1 aromatic rings. The Bertz CT molecular complexity index is 541. The molecule has 23 heavy (non-hydrogen) atoms. The number of amides is 1. The molecule has 0 bridgehead atoms. The normalized spacial score (nSPS) is 17.4. The van der Waals surface area contributed by atoms with Gasteiger partial charge in [-0.3, -0.25) is 14.4 Å². The number of aliphatic hydroxyl groups excluding tert-OH is 2. The van der Waals surface area contributed by atoms with Gasteiger partial charge in [0.1, 0.15) is 6.10 Å². The zero-order valence-corrected chi connectivity index (χ0v) is 14.2. The third-order valence-corrected chi connectivity index (χ3v) is 4.36. The highest BCUT2D eigenvalue weighted by atomic mass is 16.3. The predicted octanol–water partition coefficient (Wildman–Crippen LogP) is 0.419. The minimum atomic E-state index is -0.948. The molecule has 0 aliphatic carbocycles. The van der Waals surface area contributed by atoms with Crippen LogP contribution in [0.5, 0.6) is 0 Å². The first-order valence-electron chi connectivity index (χ1n) is 8.23. The highest BCUT2D eigenvalue weighted by molar-refractivity contribution is 5.78. The number of nitrogens with one attached hydrogen (secondary N) is 1. The molecule has 1 aliphatic rings. The smallest absolute Gasteiger partial charge is 0.234 e. The van der Waals surface area contributed by atoms with Crippen molar-refractivity contribution in [1.29, 1.82) is 0 Å². The number of aryl methyl sites for hydroxylation is 1. The standard InChI is InChI=1S/C16H28N4O3/c1-4-16(2,3)17-15(23)10-19-6-5-7-20-12(9-19)8-13(18-20)14(22)11-21/h8,14,21-22H,4-7,9-11H2,1-3H3,(H,17,23)/t14-/m1/s1. The molecule has 7 heteroatoms. The van der Waals surface area contributed by atoms with Crippen molar-refractivity contribution in [1.82, 2.24) is 20.0 Å². The number of rotatable bonds is 6. The first-order chi connectivity index (χ1) is 10.8. The van der Waals surface area contributed by atoms with Gasteiger partial charge in [-0.05, 0) is 32.8 Å². The van der Waals surface area contributed by atoms with Crippen LogP contribution < -0.4 is 5.32 Å². The van der Waals surface area contributed by atoms with Crippen LogP contribution in [0.15, 0.2) is 6.07 Å². The summed E-state index contributed by atoms with van der Waals surface area (Å²) >= 11 is 0. The van der Waals surface area contributed by atoms with Gasteiger partial charge in [-0.1, -0.05) is 6.92 Å². The Kier molecular flexibility index (Phi) is 5.78. The number of carbonyl (C=O) groups excluding carboxylic acids is 1. The zero-order valence-electron chi connectivity index (χ0n) is 14.2.